The first-order valence-electron chi connectivity index (χ1n) is 8.10. The molecule has 1 rings (SSSR count). The second-order valence-electron chi connectivity index (χ2n) is 6.55. The predicted molar refractivity (Wildman–Crippen MR) is 82.6 cm³/mol. The molecule has 1 fully saturated rings. The lowest BCUT2D eigenvalue weighted by Gasteiger charge is -2.39. The van der Waals surface area contributed by atoms with Crippen molar-refractivity contribution in [3.05, 3.63) is 0 Å². The number of piperidine rings is 1. The quantitative estimate of drug-likeness (QED) is 0.734. The summed E-state index contributed by atoms with van der Waals surface area (Å²) >= 11 is 0. The van der Waals surface area contributed by atoms with E-state index in [0.717, 1.165) is 25.6 Å². The summed E-state index contributed by atoms with van der Waals surface area (Å²) in [5, 5.41) is 3.63. The number of nitrogens with zero attached hydrogens (tertiary/aromatic N) is 1. The Kier molecular flexibility index (Phi) is 7.96. The molecule has 1 aliphatic rings. The van der Waals surface area contributed by atoms with Crippen LogP contribution in [0.2, 0.25) is 0 Å². The molecule has 1 saturated heterocycles. The van der Waals surface area contributed by atoms with Crippen LogP contribution >= 0.6 is 0 Å². The molecule has 0 aliphatic carbocycles. The van der Waals surface area contributed by atoms with E-state index in [4.69, 9.17) is 4.74 Å². The van der Waals surface area contributed by atoms with Gasteiger partial charge in [0.25, 0.3) is 0 Å². The Balaban J connectivity index is 2.36. The molecule has 3 heteroatoms. The van der Waals surface area contributed by atoms with Crippen molar-refractivity contribution in [1.29, 1.82) is 0 Å². The average Bonchev–Trinajstić information content (AvgIpc) is 2.35. The van der Waals surface area contributed by atoms with Gasteiger partial charge in [0.05, 0.1) is 6.10 Å². The summed E-state index contributed by atoms with van der Waals surface area (Å²) < 4.78 is 5.74. The van der Waals surface area contributed by atoms with Gasteiger partial charge in [0.15, 0.2) is 0 Å². The molecule has 19 heavy (non-hydrogen) atoms. The van der Waals surface area contributed by atoms with Crippen molar-refractivity contribution in [2.75, 3.05) is 32.8 Å². The summed E-state index contributed by atoms with van der Waals surface area (Å²) in [4.78, 5) is 2.66. The Hall–Kier alpha value is -0.120. The van der Waals surface area contributed by atoms with E-state index in [1.54, 1.807) is 0 Å². The van der Waals surface area contributed by atoms with Crippen LogP contribution in [0.25, 0.3) is 0 Å². The minimum atomic E-state index is 0.498. The Labute approximate surface area is 120 Å². The lowest BCUT2D eigenvalue weighted by Crippen LogP contribution is -2.50. The molecule has 114 valence electrons. The van der Waals surface area contributed by atoms with Crippen molar-refractivity contribution in [2.45, 2.75) is 59.6 Å². The summed E-state index contributed by atoms with van der Waals surface area (Å²) in [7, 11) is 0. The van der Waals surface area contributed by atoms with Gasteiger partial charge in [-0.05, 0) is 38.1 Å². The van der Waals surface area contributed by atoms with E-state index in [-0.39, 0.29) is 0 Å². The van der Waals surface area contributed by atoms with Crippen LogP contribution in [-0.2, 0) is 4.74 Å². The van der Waals surface area contributed by atoms with Gasteiger partial charge in [0.1, 0.15) is 0 Å². The summed E-state index contributed by atoms with van der Waals surface area (Å²) in [6.45, 7) is 16.8. The van der Waals surface area contributed by atoms with Crippen molar-refractivity contribution >= 4 is 0 Å². The lowest BCUT2D eigenvalue weighted by molar-refractivity contribution is -0.00161. The molecule has 0 aromatic heterocycles. The van der Waals surface area contributed by atoms with Gasteiger partial charge in [-0.25, -0.2) is 0 Å². The highest BCUT2D eigenvalue weighted by Crippen LogP contribution is 2.19. The second-order valence-corrected chi connectivity index (χ2v) is 6.55. The van der Waals surface area contributed by atoms with Crippen LogP contribution in [0.1, 0.15) is 47.5 Å². The third-order valence-corrected chi connectivity index (χ3v) is 4.02. The van der Waals surface area contributed by atoms with E-state index in [1.165, 1.54) is 25.9 Å². The molecule has 0 aromatic rings. The summed E-state index contributed by atoms with van der Waals surface area (Å²) in [6.07, 6.45) is 2.89. The molecular formula is C16H34N2O. The number of hydrogen-bond donors (Lipinski definition) is 1. The van der Waals surface area contributed by atoms with Gasteiger partial charge in [0, 0.05) is 32.3 Å². The third-order valence-electron chi connectivity index (χ3n) is 4.02. The maximum absolute atomic E-state index is 5.74. The molecule has 0 aromatic carbocycles. The predicted octanol–water partition coefficient (Wildman–Crippen LogP) is 2.76. The minimum absolute atomic E-state index is 0.498. The molecule has 1 atom stereocenters. The summed E-state index contributed by atoms with van der Waals surface area (Å²) in [5.41, 5.74) is 0. The Bertz CT molecular complexity index is 223. The van der Waals surface area contributed by atoms with Crippen LogP contribution in [0, 0.1) is 11.8 Å². The fraction of sp³-hybridized carbons (Fsp3) is 1.00. The Morgan fingerprint density at radius 2 is 1.74 bits per heavy atom. The monoisotopic (exact) mass is 270 g/mol. The first-order valence-corrected chi connectivity index (χ1v) is 8.10. The normalized spacial score (nSPS) is 20.4. The summed E-state index contributed by atoms with van der Waals surface area (Å²) in [5.74, 6) is 1.44. The fourth-order valence-corrected chi connectivity index (χ4v) is 2.92. The van der Waals surface area contributed by atoms with E-state index < -0.39 is 0 Å². The van der Waals surface area contributed by atoms with Gasteiger partial charge in [0.2, 0.25) is 0 Å². The van der Waals surface area contributed by atoms with Crippen LogP contribution < -0.4 is 5.32 Å². The molecule has 0 saturated carbocycles. The van der Waals surface area contributed by atoms with Gasteiger partial charge in [-0.1, -0.05) is 27.7 Å². The van der Waals surface area contributed by atoms with Crippen LogP contribution in [0.3, 0.4) is 0 Å². The molecule has 3 nitrogen and oxygen atoms in total. The van der Waals surface area contributed by atoms with Gasteiger partial charge in [-0.15, -0.1) is 0 Å². The molecule has 0 spiro atoms. The molecule has 1 heterocycles. The molecule has 0 radical (unpaired) electrons. The zero-order valence-corrected chi connectivity index (χ0v) is 13.6. The SMILES string of the molecule is CCOC1CCN(C(CNCC(C)C)C(C)C)CC1. The van der Waals surface area contributed by atoms with E-state index in [9.17, 15) is 0 Å². The number of hydrogen-bond acceptors (Lipinski definition) is 3. The molecular weight excluding hydrogens is 236 g/mol. The summed E-state index contributed by atoms with van der Waals surface area (Å²) in [6, 6.07) is 0.668. The first-order chi connectivity index (χ1) is 9.04. The fourth-order valence-electron chi connectivity index (χ4n) is 2.92. The highest BCUT2D eigenvalue weighted by Gasteiger charge is 2.26. The van der Waals surface area contributed by atoms with Gasteiger partial charge < -0.3 is 10.1 Å². The number of nitrogens with one attached hydrogen (secondary N) is 1. The van der Waals surface area contributed by atoms with Crippen molar-refractivity contribution in [3.63, 3.8) is 0 Å². The second kappa shape index (κ2) is 8.93. The zero-order chi connectivity index (χ0) is 14.3. The van der Waals surface area contributed by atoms with Crippen LogP contribution in [0.4, 0.5) is 0 Å². The smallest absolute Gasteiger partial charge is 0.0599 e. The number of ether oxygens (including phenoxy) is 1. The van der Waals surface area contributed by atoms with E-state index >= 15 is 0 Å². The van der Waals surface area contributed by atoms with E-state index in [0.29, 0.717) is 18.1 Å². The highest BCUT2D eigenvalue weighted by atomic mass is 16.5. The standard InChI is InChI=1S/C16H34N2O/c1-6-19-15-7-9-18(10-8-15)16(14(4)5)12-17-11-13(2)3/h13-17H,6-12H2,1-5H3. The van der Waals surface area contributed by atoms with Crippen molar-refractivity contribution in [3.8, 4) is 0 Å². The lowest BCUT2D eigenvalue weighted by atomic mass is 9.98. The number of likely N-dealkylation sites (tertiary alicyclic amines) is 1. The molecule has 0 amide bonds. The zero-order valence-electron chi connectivity index (χ0n) is 13.6. The largest absolute Gasteiger partial charge is 0.378 e. The maximum Gasteiger partial charge on any atom is 0.0599 e. The van der Waals surface area contributed by atoms with Gasteiger partial charge in [-0.2, -0.15) is 0 Å². The maximum atomic E-state index is 5.74. The molecule has 0 bridgehead atoms. The third kappa shape index (κ3) is 6.24. The van der Waals surface area contributed by atoms with Crippen LogP contribution in [0.15, 0.2) is 0 Å². The Morgan fingerprint density at radius 3 is 2.21 bits per heavy atom. The molecule has 1 aliphatic heterocycles. The van der Waals surface area contributed by atoms with Crippen molar-refractivity contribution < 1.29 is 4.74 Å². The first kappa shape index (κ1) is 16.9. The molecule has 1 unspecified atom stereocenters. The van der Waals surface area contributed by atoms with E-state index in [1.807, 2.05) is 0 Å². The van der Waals surface area contributed by atoms with Crippen molar-refractivity contribution in [2.24, 2.45) is 11.8 Å². The highest BCUT2D eigenvalue weighted by molar-refractivity contribution is 4.82. The van der Waals surface area contributed by atoms with Crippen molar-refractivity contribution in [1.82, 2.24) is 10.2 Å². The van der Waals surface area contributed by atoms with Crippen LogP contribution in [0.5, 0.6) is 0 Å². The van der Waals surface area contributed by atoms with E-state index in [2.05, 4.69) is 44.8 Å². The number of rotatable bonds is 8. The molecule has 1 N–H and O–H groups in total. The topological polar surface area (TPSA) is 24.5 Å². The van der Waals surface area contributed by atoms with Crippen LogP contribution in [-0.4, -0.2) is 49.8 Å². The average molecular weight is 270 g/mol. The van der Waals surface area contributed by atoms with Gasteiger partial charge in [-0.3, -0.25) is 4.90 Å². The van der Waals surface area contributed by atoms with Gasteiger partial charge >= 0.3 is 0 Å². The Morgan fingerprint density at radius 1 is 1.11 bits per heavy atom. The minimum Gasteiger partial charge on any atom is -0.378 e.